The maximum atomic E-state index is 11.8. The minimum Gasteiger partial charge on any atom is -0.481 e. The van der Waals surface area contributed by atoms with Crippen molar-refractivity contribution in [2.24, 2.45) is 17.8 Å². The van der Waals surface area contributed by atoms with E-state index >= 15 is 0 Å². The minimum atomic E-state index is -0.768. The number of amides is 1. The van der Waals surface area contributed by atoms with Crippen LogP contribution >= 0.6 is 0 Å². The summed E-state index contributed by atoms with van der Waals surface area (Å²) in [5.74, 6) is -0.452. The van der Waals surface area contributed by atoms with Gasteiger partial charge in [0, 0.05) is 19.0 Å². The average Bonchev–Trinajstić information content (AvgIpc) is 2.98. The van der Waals surface area contributed by atoms with Gasteiger partial charge in [-0.15, -0.1) is 0 Å². The van der Waals surface area contributed by atoms with Crippen LogP contribution in [0.3, 0.4) is 0 Å². The summed E-state index contributed by atoms with van der Waals surface area (Å²) in [7, 11) is 0. The van der Waals surface area contributed by atoms with E-state index in [-0.39, 0.29) is 17.7 Å². The van der Waals surface area contributed by atoms with E-state index in [1.54, 1.807) is 4.90 Å². The van der Waals surface area contributed by atoms with Gasteiger partial charge in [0.05, 0.1) is 5.92 Å². The summed E-state index contributed by atoms with van der Waals surface area (Å²) in [6.45, 7) is 3.16. The van der Waals surface area contributed by atoms with E-state index in [2.05, 4.69) is 0 Å². The molecule has 2 unspecified atom stereocenters. The molecule has 0 bridgehead atoms. The summed E-state index contributed by atoms with van der Waals surface area (Å²) in [5.41, 5.74) is 0. The second-order valence-corrected chi connectivity index (χ2v) is 4.89. The quantitative estimate of drug-likeness (QED) is 0.740. The van der Waals surface area contributed by atoms with Crippen LogP contribution in [0, 0.1) is 17.8 Å². The van der Waals surface area contributed by atoms with Gasteiger partial charge in [-0.05, 0) is 25.2 Å². The van der Waals surface area contributed by atoms with Crippen molar-refractivity contribution in [3.63, 3.8) is 0 Å². The molecule has 0 aromatic carbocycles. The normalized spacial score (nSPS) is 31.4. The lowest BCUT2D eigenvalue weighted by molar-refractivity contribution is -0.147. The van der Waals surface area contributed by atoms with E-state index in [1.807, 2.05) is 6.92 Å². The van der Waals surface area contributed by atoms with Crippen LogP contribution in [0.2, 0.25) is 0 Å². The Labute approximate surface area is 89.3 Å². The SMILES string of the molecule is CC1CC(C(=O)O)CN(C(=O)C2CC2)C1. The third-order valence-corrected chi connectivity index (χ3v) is 3.25. The Morgan fingerprint density at radius 2 is 1.87 bits per heavy atom. The Morgan fingerprint density at radius 1 is 1.20 bits per heavy atom. The molecule has 4 heteroatoms. The van der Waals surface area contributed by atoms with Gasteiger partial charge in [0.2, 0.25) is 5.91 Å². The number of hydrogen-bond donors (Lipinski definition) is 1. The average molecular weight is 211 g/mol. The predicted molar refractivity (Wildman–Crippen MR) is 54.2 cm³/mol. The van der Waals surface area contributed by atoms with Gasteiger partial charge in [-0.3, -0.25) is 9.59 Å². The Hall–Kier alpha value is -1.06. The van der Waals surface area contributed by atoms with Crippen molar-refractivity contribution < 1.29 is 14.7 Å². The number of carboxylic acids is 1. The fourth-order valence-corrected chi connectivity index (χ4v) is 2.30. The highest BCUT2D eigenvalue weighted by atomic mass is 16.4. The Kier molecular flexibility index (Phi) is 2.67. The van der Waals surface area contributed by atoms with Gasteiger partial charge in [0.25, 0.3) is 0 Å². The second kappa shape index (κ2) is 3.83. The lowest BCUT2D eigenvalue weighted by atomic mass is 9.90. The predicted octanol–water partition coefficient (Wildman–Crippen LogP) is 0.966. The summed E-state index contributed by atoms with van der Waals surface area (Å²) in [6.07, 6.45) is 2.67. The van der Waals surface area contributed by atoms with E-state index in [9.17, 15) is 9.59 Å². The summed E-state index contributed by atoms with van der Waals surface area (Å²) >= 11 is 0. The minimum absolute atomic E-state index is 0.174. The molecule has 1 amide bonds. The summed E-state index contributed by atoms with van der Waals surface area (Å²) in [5, 5.41) is 8.97. The lowest BCUT2D eigenvalue weighted by Crippen LogP contribution is -2.46. The molecule has 0 spiro atoms. The number of rotatable bonds is 2. The van der Waals surface area contributed by atoms with Crippen molar-refractivity contribution in [2.45, 2.75) is 26.2 Å². The van der Waals surface area contributed by atoms with Gasteiger partial charge in [-0.1, -0.05) is 6.92 Å². The van der Waals surface area contributed by atoms with Crippen LogP contribution in [0.5, 0.6) is 0 Å². The molecule has 2 fully saturated rings. The molecular weight excluding hydrogens is 194 g/mol. The summed E-state index contributed by atoms with van der Waals surface area (Å²) < 4.78 is 0. The molecule has 84 valence electrons. The number of likely N-dealkylation sites (tertiary alicyclic amines) is 1. The number of carboxylic acid groups (broad SMARTS) is 1. The lowest BCUT2D eigenvalue weighted by Gasteiger charge is -2.34. The van der Waals surface area contributed by atoms with E-state index in [1.165, 1.54) is 0 Å². The van der Waals surface area contributed by atoms with Crippen LogP contribution in [-0.2, 0) is 9.59 Å². The molecule has 2 atom stereocenters. The molecule has 1 aliphatic heterocycles. The van der Waals surface area contributed by atoms with Crippen molar-refractivity contribution in [1.29, 1.82) is 0 Å². The fourth-order valence-electron chi connectivity index (χ4n) is 2.30. The first-order valence-corrected chi connectivity index (χ1v) is 5.59. The molecule has 1 N–H and O–H groups in total. The van der Waals surface area contributed by atoms with Crippen LogP contribution in [-0.4, -0.2) is 35.0 Å². The first kappa shape index (κ1) is 10.5. The summed E-state index contributed by atoms with van der Waals surface area (Å²) in [6, 6.07) is 0. The fraction of sp³-hybridized carbons (Fsp3) is 0.818. The highest BCUT2D eigenvalue weighted by molar-refractivity contribution is 5.82. The molecular formula is C11H17NO3. The number of piperidine rings is 1. The maximum Gasteiger partial charge on any atom is 0.308 e. The van der Waals surface area contributed by atoms with E-state index < -0.39 is 5.97 Å². The molecule has 1 saturated carbocycles. The van der Waals surface area contributed by atoms with Gasteiger partial charge in [-0.25, -0.2) is 0 Å². The van der Waals surface area contributed by atoms with Crippen molar-refractivity contribution in [3.8, 4) is 0 Å². The van der Waals surface area contributed by atoms with Crippen LogP contribution in [0.4, 0.5) is 0 Å². The summed E-state index contributed by atoms with van der Waals surface area (Å²) in [4.78, 5) is 24.5. The third kappa shape index (κ3) is 2.30. The molecule has 0 radical (unpaired) electrons. The van der Waals surface area contributed by atoms with E-state index in [4.69, 9.17) is 5.11 Å². The molecule has 0 aromatic rings. The van der Waals surface area contributed by atoms with Gasteiger partial charge in [0.1, 0.15) is 0 Å². The molecule has 0 aromatic heterocycles. The molecule has 1 heterocycles. The molecule has 1 aliphatic carbocycles. The van der Waals surface area contributed by atoms with Gasteiger partial charge < -0.3 is 10.0 Å². The van der Waals surface area contributed by atoms with Crippen LogP contribution in [0.25, 0.3) is 0 Å². The Balaban J connectivity index is 1.99. The van der Waals surface area contributed by atoms with Crippen molar-refractivity contribution >= 4 is 11.9 Å². The number of aliphatic carboxylic acids is 1. The highest BCUT2D eigenvalue weighted by Gasteiger charge is 2.38. The zero-order chi connectivity index (χ0) is 11.0. The number of carbonyl (C=O) groups excluding carboxylic acids is 1. The van der Waals surface area contributed by atoms with E-state index in [0.29, 0.717) is 18.9 Å². The van der Waals surface area contributed by atoms with Crippen molar-refractivity contribution in [2.75, 3.05) is 13.1 Å². The number of nitrogens with zero attached hydrogens (tertiary/aromatic N) is 1. The first-order valence-electron chi connectivity index (χ1n) is 5.59. The first-order chi connectivity index (χ1) is 7.08. The Morgan fingerprint density at radius 3 is 2.40 bits per heavy atom. The van der Waals surface area contributed by atoms with Gasteiger partial charge in [0.15, 0.2) is 0 Å². The van der Waals surface area contributed by atoms with Crippen molar-refractivity contribution in [1.82, 2.24) is 4.90 Å². The van der Waals surface area contributed by atoms with E-state index in [0.717, 1.165) is 19.4 Å². The van der Waals surface area contributed by atoms with Gasteiger partial charge in [-0.2, -0.15) is 0 Å². The molecule has 2 aliphatic rings. The van der Waals surface area contributed by atoms with Crippen molar-refractivity contribution in [3.05, 3.63) is 0 Å². The number of hydrogen-bond acceptors (Lipinski definition) is 2. The largest absolute Gasteiger partial charge is 0.481 e. The van der Waals surface area contributed by atoms with Crippen LogP contribution in [0.15, 0.2) is 0 Å². The second-order valence-electron chi connectivity index (χ2n) is 4.89. The zero-order valence-corrected chi connectivity index (χ0v) is 8.98. The highest BCUT2D eigenvalue weighted by Crippen LogP contribution is 2.33. The number of carbonyl (C=O) groups is 2. The zero-order valence-electron chi connectivity index (χ0n) is 8.98. The smallest absolute Gasteiger partial charge is 0.308 e. The third-order valence-electron chi connectivity index (χ3n) is 3.25. The monoisotopic (exact) mass is 211 g/mol. The topological polar surface area (TPSA) is 57.6 Å². The van der Waals surface area contributed by atoms with Crippen LogP contribution in [0.1, 0.15) is 26.2 Å². The molecule has 2 rings (SSSR count). The molecule has 4 nitrogen and oxygen atoms in total. The maximum absolute atomic E-state index is 11.8. The Bertz CT molecular complexity index is 286. The van der Waals surface area contributed by atoms with Crippen LogP contribution < -0.4 is 0 Å². The standard InChI is InChI=1S/C11H17NO3/c1-7-4-9(11(14)15)6-12(5-7)10(13)8-2-3-8/h7-9H,2-6H2,1H3,(H,14,15). The van der Waals surface area contributed by atoms with Gasteiger partial charge >= 0.3 is 5.97 Å². The molecule has 15 heavy (non-hydrogen) atoms. The molecule has 1 saturated heterocycles.